The molecule has 0 fully saturated rings. The molecule has 2 rings (SSSR count). The van der Waals surface area contributed by atoms with Crippen LogP contribution in [0, 0.1) is 6.92 Å². The summed E-state index contributed by atoms with van der Waals surface area (Å²) in [5.74, 6) is 0. The van der Waals surface area contributed by atoms with Crippen molar-refractivity contribution in [3.63, 3.8) is 0 Å². The van der Waals surface area contributed by atoms with Crippen LogP contribution in [0.15, 0.2) is 36.4 Å². The molecule has 0 aliphatic heterocycles. The van der Waals surface area contributed by atoms with E-state index >= 15 is 0 Å². The molecule has 2 atom stereocenters. The smallest absolute Gasteiger partial charge is 0.0977 e. The van der Waals surface area contributed by atoms with Crippen LogP contribution in [0.1, 0.15) is 30.0 Å². The summed E-state index contributed by atoms with van der Waals surface area (Å²) >= 11 is 0. The Morgan fingerprint density at radius 2 is 2.00 bits per heavy atom. The molecule has 0 spiro atoms. The normalized spacial score (nSPS) is 14.1. The number of aromatic nitrogens is 2. The van der Waals surface area contributed by atoms with Crippen LogP contribution in [0.3, 0.4) is 0 Å². The van der Waals surface area contributed by atoms with Gasteiger partial charge in [0.15, 0.2) is 0 Å². The first kappa shape index (κ1) is 15.7. The Hall–Kier alpha value is -1.65. The van der Waals surface area contributed by atoms with Gasteiger partial charge in [-0.1, -0.05) is 30.3 Å². The number of hydrogen-bond acceptors (Lipinski definition) is 3. The van der Waals surface area contributed by atoms with E-state index in [1.807, 2.05) is 20.0 Å². The first-order valence-corrected chi connectivity index (χ1v) is 7.48. The molecule has 4 nitrogen and oxygen atoms in total. The van der Waals surface area contributed by atoms with Gasteiger partial charge < -0.3 is 10.1 Å². The van der Waals surface area contributed by atoms with Crippen molar-refractivity contribution in [3.8, 4) is 0 Å². The number of rotatable bonds is 7. The SMILES string of the molecule is CCn1nc(C)cc1CC(NC)C(OC)c1ccccc1. The first-order chi connectivity index (χ1) is 10.2. The zero-order chi connectivity index (χ0) is 15.2. The van der Waals surface area contributed by atoms with Crippen molar-refractivity contribution in [2.24, 2.45) is 0 Å². The van der Waals surface area contributed by atoms with Gasteiger partial charge >= 0.3 is 0 Å². The quantitative estimate of drug-likeness (QED) is 0.851. The molecule has 0 radical (unpaired) electrons. The fourth-order valence-corrected chi connectivity index (χ4v) is 2.80. The van der Waals surface area contributed by atoms with E-state index in [-0.39, 0.29) is 12.1 Å². The van der Waals surface area contributed by atoms with Crippen molar-refractivity contribution in [2.45, 2.75) is 39.0 Å². The van der Waals surface area contributed by atoms with Gasteiger partial charge in [0.1, 0.15) is 0 Å². The van der Waals surface area contributed by atoms with Crippen molar-refractivity contribution < 1.29 is 4.74 Å². The van der Waals surface area contributed by atoms with E-state index in [1.54, 1.807) is 7.11 Å². The van der Waals surface area contributed by atoms with E-state index in [0.29, 0.717) is 0 Å². The van der Waals surface area contributed by atoms with E-state index in [1.165, 1.54) is 11.3 Å². The Kier molecular flexibility index (Phi) is 5.53. The predicted molar refractivity (Wildman–Crippen MR) is 85.4 cm³/mol. The van der Waals surface area contributed by atoms with E-state index in [2.05, 4.69) is 52.4 Å². The zero-order valence-electron chi connectivity index (χ0n) is 13.3. The third-order valence-corrected chi connectivity index (χ3v) is 3.83. The molecular weight excluding hydrogens is 262 g/mol. The van der Waals surface area contributed by atoms with Gasteiger partial charge in [-0.3, -0.25) is 4.68 Å². The second-order valence-corrected chi connectivity index (χ2v) is 5.26. The van der Waals surface area contributed by atoms with Crippen LogP contribution in [-0.2, 0) is 17.7 Å². The van der Waals surface area contributed by atoms with Gasteiger partial charge in [-0.2, -0.15) is 5.10 Å². The van der Waals surface area contributed by atoms with E-state index in [0.717, 1.165) is 18.7 Å². The lowest BCUT2D eigenvalue weighted by atomic mass is 9.98. The van der Waals surface area contributed by atoms with Crippen LogP contribution in [0.4, 0.5) is 0 Å². The molecule has 114 valence electrons. The number of ether oxygens (including phenoxy) is 1. The van der Waals surface area contributed by atoms with E-state index in [4.69, 9.17) is 4.74 Å². The van der Waals surface area contributed by atoms with Gasteiger partial charge in [-0.15, -0.1) is 0 Å². The van der Waals surface area contributed by atoms with Crippen LogP contribution < -0.4 is 5.32 Å². The Labute approximate surface area is 127 Å². The Morgan fingerprint density at radius 3 is 2.57 bits per heavy atom. The topological polar surface area (TPSA) is 39.1 Å². The molecule has 2 unspecified atom stereocenters. The fourth-order valence-electron chi connectivity index (χ4n) is 2.80. The predicted octanol–water partition coefficient (Wildman–Crippen LogP) is 2.73. The third kappa shape index (κ3) is 3.71. The Bertz CT molecular complexity index is 550. The lowest BCUT2D eigenvalue weighted by molar-refractivity contribution is 0.0697. The summed E-state index contributed by atoms with van der Waals surface area (Å²) in [4.78, 5) is 0. The molecule has 0 amide bonds. The molecular formula is C17H25N3O. The van der Waals surface area contributed by atoms with Gasteiger partial charge in [0.05, 0.1) is 11.8 Å². The maximum atomic E-state index is 5.75. The largest absolute Gasteiger partial charge is 0.375 e. The second-order valence-electron chi connectivity index (χ2n) is 5.26. The van der Waals surface area contributed by atoms with Crippen LogP contribution in [-0.4, -0.2) is 30.0 Å². The summed E-state index contributed by atoms with van der Waals surface area (Å²) in [6.07, 6.45) is 0.912. The molecule has 0 aliphatic carbocycles. The highest BCUT2D eigenvalue weighted by Gasteiger charge is 2.23. The summed E-state index contributed by atoms with van der Waals surface area (Å²) in [5, 5.41) is 7.92. The van der Waals surface area contributed by atoms with Crippen molar-refractivity contribution in [1.29, 1.82) is 0 Å². The van der Waals surface area contributed by atoms with Crippen molar-refractivity contribution in [1.82, 2.24) is 15.1 Å². The number of benzene rings is 1. The molecule has 1 heterocycles. The third-order valence-electron chi connectivity index (χ3n) is 3.83. The van der Waals surface area contributed by atoms with Crippen LogP contribution in [0.25, 0.3) is 0 Å². The van der Waals surface area contributed by atoms with Gasteiger partial charge in [0.25, 0.3) is 0 Å². The minimum Gasteiger partial charge on any atom is -0.375 e. The minimum atomic E-state index is 0.0247. The summed E-state index contributed by atoms with van der Waals surface area (Å²) in [7, 11) is 3.75. The molecule has 0 saturated heterocycles. The monoisotopic (exact) mass is 287 g/mol. The maximum Gasteiger partial charge on any atom is 0.0977 e. The Balaban J connectivity index is 2.21. The van der Waals surface area contributed by atoms with E-state index < -0.39 is 0 Å². The van der Waals surface area contributed by atoms with Crippen LogP contribution in [0.5, 0.6) is 0 Å². The average molecular weight is 287 g/mol. The highest BCUT2D eigenvalue weighted by molar-refractivity contribution is 5.21. The fraction of sp³-hybridized carbons (Fsp3) is 0.471. The lowest BCUT2D eigenvalue weighted by Gasteiger charge is -2.26. The molecule has 1 aromatic heterocycles. The van der Waals surface area contributed by atoms with Crippen molar-refractivity contribution in [2.75, 3.05) is 14.2 Å². The molecule has 1 aromatic carbocycles. The first-order valence-electron chi connectivity index (χ1n) is 7.48. The number of likely N-dealkylation sites (N-methyl/N-ethyl adjacent to an activating group) is 1. The van der Waals surface area contributed by atoms with Gasteiger partial charge in [-0.25, -0.2) is 0 Å². The summed E-state index contributed by atoms with van der Waals surface area (Å²) < 4.78 is 7.82. The molecule has 0 bridgehead atoms. The number of nitrogens with one attached hydrogen (secondary N) is 1. The Morgan fingerprint density at radius 1 is 1.29 bits per heavy atom. The van der Waals surface area contributed by atoms with Gasteiger partial charge in [-0.05, 0) is 32.5 Å². The highest BCUT2D eigenvalue weighted by atomic mass is 16.5. The summed E-state index contributed by atoms with van der Waals surface area (Å²) in [5.41, 5.74) is 3.50. The van der Waals surface area contributed by atoms with Crippen LogP contribution in [0.2, 0.25) is 0 Å². The standard InChI is InChI=1S/C17H25N3O/c1-5-20-15(11-13(2)19-20)12-16(18-3)17(21-4)14-9-7-6-8-10-14/h6-11,16-18H,5,12H2,1-4H3. The average Bonchev–Trinajstić information content (AvgIpc) is 2.87. The molecule has 21 heavy (non-hydrogen) atoms. The number of methoxy groups -OCH3 is 1. The second kappa shape index (κ2) is 7.38. The molecule has 0 aliphatic rings. The zero-order valence-corrected chi connectivity index (χ0v) is 13.3. The molecule has 4 heteroatoms. The highest BCUT2D eigenvalue weighted by Crippen LogP contribution is 2.23. The number of nitrogens with zero attached hydrogens (tertiary/aromatic N) is 2. The molecule has 1 N–H and O–H groups in total. The van der Waals surface area contributed by atoms with Gasteiger partial charge in [0, 0.05) is 31.8 Å². The minimum absolute atomic E-state index is 0.0247. The molecule has 2 aromatic rings. The summed E-state index contributed by atoms with van der Waals surface area (Å²) in [6, 6.07) is 12.7. The number of aryl methyl sites for hydroxylation is 2. The van der Waals surface area contributed by atoms with E-state index in [9.17, 15) is 0 Å². The number of hydrogen-bond donors (Lipinski definition) is 1. The summed E-state index contributed by atoms with van der Waals surface area (Å²) in [6.45, 7) is 5.05. The van der Waals surface area contributed by atoms with Gasteiger partial charge in [0.2, 0.25) is 0 Å². The lowest BCUT2D eigenvalue weighted by Crippen LogP contribution is -2.35. The molecule has 0 saturated carbocycles. The van der Waals surface area contributed by atoms with Crippen molar-refractivity contribution in [3.05, 3.63) is 53.3 Å². The van der Waals surface area contributed by atoms with Crippen LogP contribution >= 0.6 is 0 Å². The van der Waals surface area contributed by atoms with Crippen molar-refractivity contribution >= 4 is 0 Å². The maximum absolute atomic E-state index is 5.75.